The molecule has 0 unspecified atom stereocenters. The van der Waals surface area contributed by atoms with Crippen LogP contribution in [0.2, 0.25) is 0 Å². The molecule has 0 radical (unpaired) electrons. The Balaban J connectivity index is 0.00000144. The molecule has 0 saturated carbocycles. The van der Waals surface area contributed by atoms with Crippen molar-refractivity contribution in [3.8, 4) is 28.3 Å². The van der Waals surface area contributed by atoms with E-state index in [4.69, 9.17) is 9.72 Å². The van der Waals surface area contributed by atoms with Crippen molar-refractivity contribution in [3.05, 3.63) is 65.5 Å². The van der Waals surface area contributed by atoms with Crippen molar-refractivity contribution < 1.29 is 17.2 Å². The lowest BCUT2D eigenvalue weighted by Crippen LogP contribution is -2.36. The van der Waals surface area contributed by atoms with E-state index in [0.717, 1.165) is 71.6 Å². The molecule has 6 heteroatoms. The van der Waals surface area contributed by atoms with Crippen LogP contribution in [0.3, 0.4) is 0 Å². The van der Waals surface area contributed by atoms with Crippen molar-refractivity contribution in [1.82, 2.24) is 9.97 Å². The van der Waals surface area contributed by atoms with Gasteiger partial charge in [0.05, 0.1) is 17.9 Å². The predicted octanol–water partition coefficient (Wildman–Crippen LogP) is 5.15. The first-order valence-corrected chi connectivity index (χ1v) is 11.6. The summed E-state index contributed by atoms with van der Waals surface area (Å²) in [4.78, 5) is 35.2. The van der Waals surface area contributed by atoms with E-state index in [9.17, 15) is 9.59 Å². The fourth-order valence-electron chi connectivity index (χ4n) is 5.36. The molecule has 2 aromatic heterocycles. The van der Waals surface area contributed by atoms with Gasteiger partial charge in [-0.25, -0.2) is 0 Å². The summed E-state index contributed by atoms with van der Waals surface area (Å²) in [5, 5.41) is 0. The summed E-state index contributed by atoms with van der Waals surface area (Å²) in [5.41, 5.74) is 9.08. The van der Waals surface area contributed by atoms with Crippen LogP contribution < -0.4 is 9.64 Å². The van der Waals surface area contributed by atoms with E-state index in [1.165, 1.54) is 17.2 Å². The molecule has 170 valence electrons. The van der Waals surface area contributed by atoms with Crippen LogP contribution >= 0.6 is 0 Å². The van der Waals surface area contributed by atoms with Crippen LogP contribution in [-0.2, 0) is 24.1 Å². The molecule has 0 atom stereocenters. The number of aromatic nitrogens is 2. The molecule has 3 aromatic rings. The maximum Gasteiger partial charge on any atom is 0.250 e. The van der Waals surface area contributed by atoms with E-state index < -0.39 is 0 Å². The lowest BCUT2D eigenvalue weighted by Gasteiger charge is -2.29. The standard InChI is InChI=1S/C27H25N3O3.2H2/c1-2-25(32)30-11-12-33-24-10-8-16(13-22(24)30)21-14-19-17(15-28-21)7-9-18-26-20(29-27(18)19)5-3-4-6-23(26)31;;/h2,8,10,13-15,29H,1,3-7,9,11-12H2;2*1H. The van der Waals surface area contributed by atoms with Crippen molar-refractivity contribution in [1.29, 1.82) is 0 Å². The van der Waals surface area contributed by atoms with Crippen LogP contribution in [0, 0.1) is 0 Å². The second-order valence-corrected chi connectivity index (χ2v) is 8.91. The maximum absolute atomic E-state index is 12.8. The van der Waals surface area contributed by atoms with Gasteiger partial charge in [-0.3, -0.25) is 14.6 Å². The predicted molar refractivity (Wildman–Crippen MR) is 131 cm³/mol. The Morgan fingerprint density at radius 2 is 2.06 bits per heavy atom. The maximum atomic E-state index is 12.8. The number of carbonyl (C=O) groups is 2. The van der Waals surface area contributed by atoms with Crippen molar-refractivity contribution >= 4 is 17.4 Å². The van der Waals surface area contributed by atoms with Crippen molar-refractivity contribution in [2.75, 3.05) is 18.1 Å². The lowest BCUT2D eigenvalue weighted by molar-refractivity contribution is -0.114. The van der Waals surface area contributed by atoms with E-state index in [1.807, 2.05) is 24.4 Å². The Hall–Kier alpha value is -3.67. The number of hydrogen-bond acceptors (Lipinski definition) is 4. The number of nitrogens with zero attached hydrogens (tertiary/aromatic N) is 2. The number of ketones is 1. The van der Waals surface area contributed by atoms with Gasteiger partial charge in [0.2, 0.25) is 0 Å². The van der Waals surface area contributed by atoms with Gasteiger partial charge in [-0.05, 0) is 73.6 Å². The molecule has 6 rings (SSSR count). The molecule has 1 N–H and O–H groups in total. The van der Waals surface area contributed by atoms with Gasteiger partial charge >= 0.3 is 0 Å². The molecule has 33 heavy (non-hydrogen) atoms. The summed E-state index contributed by atoms with van der Waals surface area (Å²) in [7, 11) is 0. The minimum atomic E-state index is -0.141. The minimum Gasteiger partial charge on any atom is -0.490 e. The number of nitrogens with one attached hydrogen (secondary N) is 1. The van der Waals surface area contributed by atoms with Crippen LogP contribution in [0.15, 0.2) is 43.1 Å². The first kappa shape index (κ1) is 20.0. The Morgan fingerprint density at radius 1 is 1.18 bits per heavy atom. The molecule has 0 bridgehead atoms. The van der Waals surface area contributed by atoms with E-state index in [0.29, 0.717) is 25.3 Å². The third kappa shape index (κ3) is 3.20. The molecule has 0 fully saturated rings. The number of rotatable bonds is 2. The Bertz CT molecular complexity index is 1330. The van der Waals surface area contributed by atoms with Gasteiger partial charge in [-0.15, -0.1) is 0 Å². The third-order valence-electron chi connectivity index (χ3n) is 7.00. The minimum absolute atomic E-state index is 0. The average Bonchev–Trinajstić information content (AvgIpc) is 3.14. The number of amides is 1. The number of aryl methyl sites for hydroxylation is 2. The SMILES string of the molecule is C=CC(=O)N1CCOc2ccc(-c3cc4c(cn3)CCc3c-4[nH]c4c3C(=O)CCCC4)cc21.[HH].[HH]. The van der Waals surface area contributed by atoms with Gasteiger partial charge in [0.1, 0.15) is 12.4 Å². The molecule has 2 aliphatic carbocycles. The van der Waals surface area contributed by atoms with Crippen molar-refractivity contribution in [2.45, 2.75) is 38.5 Å². The van der Waals surface area contributed by atoms with Crippen LogP contribution in [0.5, 0.6) is 5.75 Å². The van der Waals surface area contributed by atoms with Crippen LogP contribution in [0.25, 0.3) is 22.5 Å². The Morgan fingerprint density at radius 3 is 2.94 bits per heavy atom. The summed E-state index contributed by atoms with van der Waals surface area (Å²) in [6, 6.07) is 7.95. The molecule has 0 saturated heterocycles. The highest BCUT2D eigenvalue weighted by Crippen LogP contribution is 2.41. The normalized spacial score (nSPS) is 16.6. The van der Waals surface area contributed by atoms with Gasteiger partial charge in [0.25, 0.3) is 5.91 Å². The number of carbonyl (C=O) groups excluding carboxylic acids is 2. The molecule has 0 spiro atoms. The third-order valence-corrected chi connectivity index (χ3v) is 7.00. The molecule has 6 nitrogen and oxygen atoms in total. The summed E-state index contributed by atoms with van der Waals surface area (Å²) >= 11 is 0. The molecule has 3 aliphatic rings. The molecule has 3 heterocycles. The highest BCUT2D eigenvalue weighted by molar-refractivity contribution is 6.03. The number of Topliss-reactive ketones (excluding diaryl/α,β-unsaturated/α-hetero) is 1. The molecule has 1 aliphatic heterocycles. The zero-order chi connectivity index (χ0) is 22.5. The fraction of sp³-hybridized carbons (Fsp3) is 0.296. The van der Waals surface area contributed by atoms with Crippen LogP contribution in [0.1, 0.15) is 49.3 Å². The molecule has 1 aromatic carbocycles. The number of hydrogen-bond donors (Lipinski definition) is 1. The van der Waals surface area contributed by atoms with Crippen LogP contribution in [0.4, 0.5) is 5.69 Å². The van der Waals surface area contributed by atoms with Crippen LogP contribution in [-0.4, -0.2) is 34.8 Å². The number of anilines is 1. The Labute approximate surface area is 195 Å². The lowest BCUT2D eigenvalue weighted by atomic mass is 9.87. The number of pyridine rings is 1. The Kier molecular flexibility index (Phi) is 4.68. The highest BCUT2D eigenvalue weighted by atomic mass is 16.5. The van der Waals surface area contributed by atoms with Gasteiger partial charge in [0.15, 0.2) is 5.78 Å². The second kappa shape index (κ2) is 7.73. The highest BCUT2D eigenvalue weighted by Gasteiger charge is 2.29. The average molecular weight is 444 g/mol. The molecular formula is C27H29N3O3. The fourth-order valence-corrected chi connectivity index (χ4v) is 5.36. The van der Waals surface area contributed by atoms with E-state index in [-0.39, 0.29) is 14.5 Å². The summed E-state index contributed by atoms with van der Waals surface area (Å²) in [6.07, 6.45) is 8.61. The smallest absolute Gasteiger partial charge is 0.250 e. The zero-order valence-electron chi connectivity index (χ0n) is 18.4. The van der Waals surface area contributed by atoms with E-state index in [1.54, 1.807) is 4.90 Å². The molecular weight excluding hydrogens is 414 g/mol. The second-order valence-electron chi connectivity index (χ2n) is 8.91. The van der Waals surface area contributed by atoms with Gasteiger partial charge in [-0.1, -0.05) is 6.58 Å². The van der Waals surface area contributed by atoms with E-state index in [2.05, 4.69) is 17.6 Å². The van der Waals surface area contributed by atoms with Gasteiger partial charge in [0, 0.05) is 43.5 Å². The molecule has 1 amide bonds. The first-order chi connectivity index (χ1) is 16.1. The number of benzene rings is 1. The quantitative estimate of drug-likeness (QED) is 0.439. The number of H-pyrrole nitrogens is 1. The number of aromatic amines is 1. The first-order valence-electron chi connectivity index (χ1n) is 11.6. The summed E-state index contributed by atoms with van der Waals surface area (Å²) in [6.45, 7) is 4.58. The zero-order valence-corrected chi connectivity index (χ0v) is 18.4. The largest absolute Gasteiger partial charge is 0.490 e. The topological polar surface area (TPSA) is 75.3 Å². The van der Waals surface area contributed by atoms with Gasteiger partial charge in [-0.2, -0.15) is 0 Å². The van der Waals surface area contributed by atoms with Crippen molar-refractivity contribution in [3.63, 3.8) is 0 Å². The van der Waals surface area contributed by atoms with E-state index >= 15 is 0 Å². The summed E-state index contributed by atoms with van der Waals surface area (Å²) in [5.74, 6) is 0.823. The monoisotopic (exact) mass is 443 g/mol. The van der Waals surface area contributed by atoms with Gasteiger partial charge < -0.3 is 14.6 Å². The van der Waals surface area contributed by atoms with Crippen molar-refractivity contribution in [2.24, 2.45) is 0 Å². The number of fused-ring (bicyclic) bond motifs is 6. The summed E-state index contributed by atoms with van der Waals surface area (Å²) < 4.78 is 5.76. The number of ether oxygens (including phenoxy) is 1.